The van der Waals surface area contributed by atoms with Gasteiger partial charge < -0.3 is 19.1 Å². The number of hydrogen-bond donors (Lipinski definition) is 0. The molecule has 2 rings (SSSR count). The van der Waals surface area contributed by atoms with Crippen LogP contribution in [0.15, 0.2) is 12.4 Å². The van der Waals surface area contributed by atoms with Gasteiger partial charge in [0.15, 0.2) is 5.82 Å². The second kappa shape index (κ2) is 6.60. The number of nitrogens with zero attached hydrogens (tertiary/aromatic N) is 4. The van der Waals surface area contributed by atoms with Crippen LogP contribution in [-0.2, 0) is 4.74 Å². The van der Waals surface area contributed by atoms with Gasteiger partial charge in [0.25, 0.3) is 5.91 Å². The first-order valence-electron chi connectivity index (χ1n) is 7.28. The van der Waals surface area contributed by atoms with Gasteiger partial charge >= 0.3 is 6.09 Å². The Kier molecular flexibility index (Phi) is 4.82. The van der Waals surface area contributed by atoms with Crippen LogP contribution in [0.3, 0.4) is 0 Å². The van der Waals surface area contributed by atoms with Gasteiger partial charge in [0.1, 0.15) is 0 Å². The third-order valence-corrected chi connectivity index (χ3v) is 3.51. The lowest BCUT2D eigenvalue weighted by molar-refractivity contribution is 0.0556. The van der Waals surface area contributed by atoms with E-state index in [-0.39, 0.29) is 18.0 Å². The van der Waals surface area contributed by atoms with Gasteiger partial charge in [-0.1, -0.05) is 0 Å². The van der Waals surface area contributed by atoms with E-state index in [2.05, 4.69) is 4.98 Å². The summed E-state index contributed by atoms with van der Waals surface area (Å²) in [6, 6.07) is 0.187. The highest BCUT2D eigenvalue weighted by Crippen LogP contribution is 2.12. The lowest BCUT2D eigenvalue weighted by Crippen LogP contribution is -2.51. The van der Waals surface area contributed by atoms with Crippen molar-refractivity contribution in [3.05, 3.63) is 18.2 Å². The molecule has 0 bridgehead atoms. The summed E-state index contributed by atoms with van der Waals surface area (Å²) in [4.78, 5) is 31.6. The smallest absolute Gasteiger partial charge is 0.409 e. The normalized spacial score (nSPS) is 15.4. The number of imidazole rings is 1. The highest BCUT2D eigenvalue weighted by Gasteiger charge is 2.27. The molecular weight excluding hydrogens is 272 g/mol. The zero-order valence-electron chi connectivity index (χ0n) is 12.8. The molecule has 1 aromatic heterocycles. The zero-order chi connectivity index (χ0) is 15.4. The second-order valence-corrected chi connectivity index (χ2v) is 5.23. The van der Waals surface area contributed by atoms with E-state index in [1.807, 2.05) is 24.6 Å². The number of ether oxygens (including phenoxy) is 1. The Bertz CT molecular complexity index is 504. The largest absolute Gasteiger partial charge is 0.450 e. The summed E-state index contributed by atoms with van der Waals surface area (Å²) >= 11 is 0. The molecule has 0 aliphatic carbocycles. The molecule has 7 nitrogen and oxygen atoms in total. The van der Waals surface area contributed by atoms with E-state index < -0.39 is 0 Å². The van der Waals surface area contributed by atoms with E-state index in [0.717, 1.165) is 0 Å². The first-order chi connectivity index (χ1) is 10.0. The van der Waals surface area contributed by atoms with Crippen LogP contribution in [0.2, 0.25) is 0 Å². The lowest BCUT2D eigenvalue weighted by atomic mass is 10.3. The molecule has 0 N–H and O–H groups in total. The Morgan fingerprint density at radius 1 is 1.24 bits per heavy atom. The maximum absolute atomic E-state index is 12.5. The average molecular weight is 294 g/mol. The summed E-state index contributed by atoms with van der Waals surface area (Å²) in [5.74, 6) is 0.367. The summed E-state index contributed by atoms with van der Waals surface area (Å²) < 4.78 is 6.83. The zero-order valence-corrected chi connectivity index (χ0v) is 12.8. The van der Waals surface area contributed by atoms with Gasteiger partial charge in [0.2, 0.25) is 0 Å². The van der Waals surface area contributed by atoms with Crippen LogP contribution in [0.5, 0.6) is 0 Å². The fourth-order valence-corrected chi connectivity index (χ4v) is 2.34. The molecule has 7 heteroatoms. The van der Waals surface area contributed by atoms with Crippen molar-refractivity contribution in [1.82, 2.24) is 19.4 Å². The molecule has 0 atom stereocenters. The van der Waals surface area contributed by atoms with E-state index >= 15 is 0 Å². The third kappa shape index (κ3) is 3.34. The minimum absolute atomic E-state index is 0.0859. The van der Waals surface area contributed by atoms with Crippen molar-refractivity contribution in [3.63, 3.8) is 0 Å². The Morgan fingerprint density at radius 2 is 1.86 bits per heavy atom. The first-order valence-corrected chi connectivity index (χ1v) is 7.28. The van der Waals surface area contributed by atoms with Crippen molar-refractivity contribution in [2.24, 2.45) is 0 Å². The number of hydrogen-bond acceptors (Lipinski definition) is 4. The van der Waals surface area contributed by atoms with Crippen LogP contribution in [0.25, 0.3) is 0 Å². The van der Waals surface area contributed by atoms with Crippen LogP contribution < -0.4 is 0 Å². The van der Waals surface area contributed by atoms with Crippen LogP contribution in [0.4, 0.5) is 4.79 Å². The maximum Gasteiger partial charge on any atom is 0.409 e. The van der Waals surface area contributed by atoms with Crippen LogP contribution in [0.1, 0.15) is 37.4 Å². The van der Waals surface area contributed by atoms with Crippen molar-refractivity contribution < 1.29 is 14.3 Å². The molecular formula is C14H22N4O3. The van der Waals surface area contributed by atoms with Crippen LogP contribution in [0, 0.1) is 0 Å². The Hall–Kier alpha value is -2.05. The SMILES string of the molecule is CCOC(=O)N1CCN(C(=O)c2nccn2C(C)C)CC1. The molecule has 2 heterocycles. The average Bonchev–Trinajstić information content (AvgIpc) is 2.96. The van der Waals surface area contributed by atoms with Gasteiger partial charge in [-0.15, -0.1) is 0 Å². The van der Waals surface area contributed by atoms with Crippen molar-refractivity contribution >= 4 is 12.0 Å². The van der Waals surface area contributed by atoms with Crippen molar-refractivity contribution in [1.29, 1.82) is 0 Å². The number of piperazine rings is 1. The minimum atomic E-state index is -0.312. The molecule has 2 amide bonds. The van der Waals surface area contributed by atoms with Gasteiger partial charge in [-0.2, -0.15) is 0 Å². The summed E-state index contributed by atoms with van der Waals surface area (Å²) in [5.41, 5.74) is 0. The highest BCUT2D eigenvalue weighted by atomic mass is 16.6. The Morgan fingerprint density at radius 3 is 2.43 bits per heavy atom. The maximum atomic E-state index is 12.5. The van der Waals surface area contributed by atoms with Crippen molar-refractivity contribution in [2.45, 2.75) is 26.8 Å². The predicted molar refractivity (Wildman–Crippen MR) is 77.1 cm³/mol. The molecule has 0 radical (unpaired) electrons. The Balaban J connectivity index is 1.97. The van der Waals surface area contributed by atoms with Crippen LogP contribution in [-0.4, -0.2) is 64.1 Å². The summed E-state index contributed by atoms with van der Waals surface area (Å²) in [5, 5.41) is 0. The van der Waals surface area contributed by atoms with Gasteiger partial charge in [-0.25, -0.2) is 9.78 Å². The number of carbonyl (C=O) groups is 2. The molecule has 21 heavy (non-hydrogen) atoms. The second-order valence-electron chi connectivity index (χ2n) is 5.23. The van der Waals surface area contributed by atoms with Crippen molar-refractivity contribution in [3.8, 4) is 0 Å². The van der Waals surface area contributed by atoms with E-state index in [9.17, 15) is 9.59 Å². The quantitative estimate of drug-likeness (QED) is 0.844. The third-order valence-electron chi connectivity index (χ3n) is 3.51. The highest BCUT2D eigenvalue weighted by molar-refractivity contribution is 5.91. The standard InChI is InChI=1S/C14H22N4O3/c1-4-21-14(20)17-9-7-16(8-10-17)13(19)12-15-5-6-18(12)11(2)3/h5-6,11H,4,7-10H2,1-3H3. The van der Waals surface area contributed by atoms with E-state index in [1.165, 1.54) is 0 Å². The van der Waals surface area contributed by atoms with Gasteiger partial charge in [-0.3, -0.25) is 4.79 Å². The van der Waals surface area contributed by atoms with Crippen LogP contribution >= 0.6 is 0 Å². The summed E-state index contributed by atoms with van der Waals surface area (Å²) in [6.07, 6.45) is 3.14. The Labute approximate surface area is 124 Å². The van der Waals surface area contributed by atoms with E-state index in [0.29, 0.717) is 38.6 Å². The lowest BCUT2D eigenvalue weighted by Gasteiger charge is -2.34. The van der Waals surface area contributed by atoms with E-state index in [1.54, 1.807) is 22.9 Å². The number of rotatable bonds is 3. The molecule has 0 spiro atoms. The molecule has 0 saturated carbocycles. The van der Waals surface area contributed by atoms with Crippen molar-refractivity contribution in [2.75, 3.05) is 32.8 Å². The summed E-state index contributed by atoms with van der Waals surface area (Å²) in [6.45, 7) is 8.16. The summed E-state index contributed by atoms with van der Waals surface area (Å²) in [7, 11) is 0. The molecule has 1 aliphatic heterocycles. The van der Waals surface area contributed by atoms with Gasteiger partial charge in [-0.05, 0) is 20.8 Å². The minimum Gasteiger partial charge on any atom is -0.450 e. The van der Waals surface area contributed by atoms with E-state index in [4.69, 9.17) is 4.74 Å². The fourth-order valence-electron chi connectivity index (χ4n) is 2.34. The molecule has 0 unspecified atom stereocenters. The number of amides is 2. The number of aromatic nitrogens is 2. The first kappa shape index (κ1) is 15.3. The topological polar surface area (TPSA) is 67.7 Å². The molecule has 116 valence electrons. The number of carbonyl (C=O) groups excluding carboxylic acids is 2. The van der Waals surface area contributed by atoms with Gasteiger partial charge in [0.05, 0.1) is 6.61 Å². The monoisotopic (exact) mass is 294 g/mol. The van der Waals surface area contributed by atoms with Gasteiger partial charge in [0, 0.05) is 44.6 Å². The molecule has 1 saturated heterocycles. The molecule has 0 aromatic carbocycles. The molecule has 1 aromatic rings. The molecule has 1 fully saturated rings. The predicted octanol–water partition coefficient (Wildman–Crippen LogP) is 1.38. The fraction of sp³-hybridized carbons (Fsp3) is 0.643. The molecule has 1 aliphatic rings.